The van der Waals surface area contributed by atoms with Gasteiger partial charge in [-0.2, -0.15) is 0 Å². The second kappa shape index (κ2) is 6.40. The van der Waals surface area contributed by atoms with Crippen molar-refractivity contribution in [3.63, 3.8) is 0 Å². The molecule has 0 unspecified atom stereocenters. The number of amides is 1. The molecule has 0 N–H and O–H groups in total. The molecule has 2 nitrogen and oxygen atoms in total. The quantitative estimate of drug-likeness (QED) is 0.769. The number of benzene rings is 2. The van der Waals surface area contributed by atoms with E-state index in [0.29, 0.717) is 0 Å². The topological polar surface area (TPSA) is 20.3 Å². The average Bonchev–Trinajstić information content (AvgIpc) is 2.48. The third-order valence-corrected chi connectivity index (χ3v) is 3.45. The lowest BCUT2D eigenvalue weighted by Crippen LogP contribution is -2.22. The molecule has 0 aromatic heterocycles. The minimum atomic E-state index is 0.0299. The van der Waals surface area contributed by atoms with Crippen molar-refractivity contribution < 1.29 is 4.79 Å². The van der Waals surface area contributed by atoms with Crippen LogP contribution in [0.3, 0.4) is 0 Å². The lowest BCUT2D eigenvalue weighted by atomic mass is 9.98. The fraction of sp³-hybridized carbons (Fsp3) is 0.211. The molecule has 0 radical (unpaired) electrons. The summed E-state index contributed by atoms with van der Waals surface area (Å²) >= 11 is 0. The van der Waals surface area contributed by atoms with Gasteiger partial charge in [-0.05, 0) is 36.6 Å². The fourth-order valence-corrected chi connectivity index (χ4v) is 2.24. The van der Waals surface area contributed by atoms with Gasteiger partial charge in [0.05, 0.1) is 0 Å². The van der Waals surface area contributed by atoms with Crippen molar-refractivity contribution in [3.8, 4) is 0 Å². The minimum absolute atomic E-state index is 0.0299. The van der Waals surface area contributed by atoms with Crippen LogP contribution < -0.4 is 0 Å². The number of hydrogen-bond acceptors (Lipinski definition) is 1. The third-order valence-electron chi connectivity index (χ3n) is 3.45. The Morgan fingerprint density at radius 2 is 1.52 bits per heavy atom. The van der Waals surface area contributed by atoms with E-state index in [1.165, 1.54) is 5.56 Å². The molecule has 2 rings (SSSR count). The molecule has 2 aromatic rings. The van der Waals surface area contributed by atoms with E-state index in [4.69, 9.17) is 0 Å². The van der Waals surface area contributed by atoms with E-state index in [-0.39, 0.29) is 5.91 Å². The van der Waals surface area contributed by atoms with Crippen LogP contribution in [-0.2, 0) is 0 Å². The Morgan fingerprint density at radius 1 is 0.952 bits per heavy atom. The molecule has 0 atom stereocenters. The third kappa shape index (κ3) is 3.60. The van der Waals surface area contributed by atoms with Gasteiger partial charge in [0.15, 0.2) is 0 Å². The number of rotatable bonds is 3. The Hall–Kier alpha value is -2.35. The lowest BCUT2D eigenvalue weighted by molar-refractivity contribution is 0.0827. The first-order valence-electron chi connectivity index (χ1n) is 7.05. The molecule has 0 saturated carbocycles. The predicted octanol–water partition coefficient (Wildman–Crippen LogP) is 4.26. The molecule has 0 fully saturated rings. The fourth-order valence-electron chi connectivity index (χ4n) is 2.24. The largest absolute Gasteiger partial charge is 0.345 e. The Kier molecular flexibility index (Phi) is 4.59. The van der Waals surface area contributed by atoms with Crippen molar-refractivity contribution in [2.24, 2.45) is 0 Å². The zero-order valence-electron chi connectivity index (χ0n) is 13.1. The van der Waals surface area contributed by atoms with Crippen molar-refractivity contribution >= 4 is 17.6 Å². The highest BCUT2D eigenvalue weighted by Crippen LogP contribution is 2.22. The van der Waals surface area contributed by atoms with Gasteiger partial charge in [0, 0.05) is 19.7 Å². The Labute approximate surface area is 126 Å². The summed E-state index contributed by atoms with van der Waals surface area (Å²) in [6, 6.07) is 16.1. The summed E-state index contributed by atoms with van der Waals surface area (Å²) in [5, 5.41) is 0. The lowest BCUT2D eigenvalue weighted by Gasteiger charge is -2.14. The van der Waals surface area contributed by atoms with Gasteiger partial charge < -0.3 is 4.90 Å². The van der Waals surface area contributed by atoms with Crippen LogP contribution in [0.1, 0.15) is 34.0 Å². The molecule has 0 spiro atoms. The van der Waals surface area contributed by atoms with Gasteiger partial charge in [-0.25, -0.2) is 0 Å². The second-order valence-electron chi connectivity index (χ2n) is 5.48. The first kappa shape index (κ1) is 15.0. The highest BCUT2D eigenvalue weighted by Gasteiger charge is 2.13. The molecular weight excluding hydrogens is 258 g/mol. The van der Waals surface area contributed by atoms with E-state index in [1.807, 2.05) is 31.2 Å². The van der Waals surface area contributed by atoms with E-state index in [9.17, 15) is 4.79 Å². The predicted molar refractivity (Wildman–Crippen MR) is 89.2 cm³/mol. The number of hydrogen-bond donors (Lipinski definition) is 0. The smallest absolute Gasteiger partial charge is 0.253 e. The van der Waals surface area contributed by atoms with Gasteiger partial charge in [-0.15, -0.1) is 0 Å². The highest BCUT2D eigenvalue weighted by atomic mass is 16.2. The van der Waals surface area contributed by atoms with Gasteiger partial charge in [0.2, 0.25) is 0 Å². The van der Waals surface area contributed by atoms with Crippen LogP contribution in [0, 0.1) is 6.92 Å². The van der Waals surface area contributed by atoms with Crippen molar-refractivity contribution in [2.75, 3.05) is 14.1 Å². The van der Waals surface area contributed by atoms with Crippen LogP contribution in [0.25, 0.3) is 11.6 Å². The maximum absolute atomic E-state index is 12.3. The number of allylic oxidation sites excluding steroid dienone is 1. The first-order chi connectivity index (χ1) is 9.99. The molecule has 0 saturated heterocycles. The van der Waals surface area contributed by atoms with Gasteiger partial charge in [-0.3, -0.25) is 4.79 Å². The van der Waals surface area contributed by atoms with Crippen LogP contribution in [0.15, 0.2) is 48.5 Å². The van der Waals surface area contributed by atoms with E-state index < -0.39 is 0 Å². The van der Waals surface area contributed by atoms with E-state index in [1.54, 1.807) is 19.0 Å². The summed E-state index contributed by atoms with van der Waals surface area (Å²) < 4.78 is 0. The minimum Gasteiger partial charge on any atom is -0.345 e. The molecule has 1 amide bonds. The van der Waals surface area contributed by atoms with E-state index >= 15 is 0 Å². The van der Waals surface area contributed by atoms with Crippen molar-refractivity contribution in [1.29, 1.82) is 0 Å². The Bertz CT molecular complexity index is 666. The molecule has 0 bridgehead atoms. The van der Waals surface area contributed by atoms with Crippen LogP contribution in [0.4, 0.5) is 0 Å². The maximum Gasteiger partial charge on any atom is 0.253 e. The molecule has 0 heterocycles. The molecule has 0 aliphatic rings. The van der Waals surface area contributed by atoms with Crippen LogP contribution in [-0.4, -0.2) is 24.9 Å². The molecule has 108 valence electrons. The molecule has 0 aliphatic carbocycles. The standard InChI is InChI=1S/C19H21NO/c1-14-9-11-16(12-10-14)13-15(2)17-7-5-6-8-18(17)19(21)20(3)4/h5-13H,1-4H3/b15-13+. The van der Waals surface area contributed by atoms with Crippen molar-refractivity contribution in [1.82, 2.24) is 4.90 Å². The number of carbonyl (C=O) groups excluding carboxylic acids is 1. The molecule has 2 aromatic carbocycles. The summed E-state index contributed by atoms with van der Waals surface area (Å²) in [6.45, 7) is 4.12. The van der Waals surface area contributed by atoms with Gasteiger partial charge in [-0.1, -0.05) is 54.1 Å². The number of carbonyl (C=O) groups is 1. The Balaban J connectivity index is 2.41. The zero-order chi connectivity index (χ0) is 15.4. The van der Waals surface area contributed by atoms with Crippen LogP contribution in [0.5, 0.6) is 0 Å². The van der Waals surface area contributed by atoms with E-state index in [0.717, 1.165) is 22.3 Å². The average molecular weight is 279 g/mol. The molecule has 21 heavy (non-hydrogen) atoms. The Morgan fingerprint density at radius 3 is 2.10 bits per heavy atom. The summed E-state index contributed by atoms with van der Waals surface area (Å²) in [5.74, 6) is 0.0299. The summed E-state index contributed by atoms with van der Waals surface area (Å²) in [6.07, 6.45) is 2.11. The van der Waals surface area contributed by atoms with Crippen LogP contribution >= 0.6 is 0 Å². The molecule has 2 heteroatoms. The van der Waals surface area contributed by atoms with Crippen molar-refractivity contribution in [3.05, 3.63) is 70.8 Å². The van der Waals surface area contributed by atoms with E-state index in [2.05, 4.69) is 37.3 Å². The van der Waals surface area contributed by atoms with Crippen molar-refractivity contribution in [2.45, 2.75) is 13.8 Å². The summed E-state index contributed by atoms with van der Waals surface area (Å²) in [7, 11) is 3.55. The van der Waals surface area contributed by atoms with Crippen LogP contribution in [0.2, 0.25) is 0 Å². The maximum atomic E-state index is 12.3. The normalized spacial score (nSPS) is 11.3. The summed E-state index contributed by atoms with van der Waals surface area (Å²) in [4.78, 5) is 13.9. The summed E-state index contributed by atoms with van der Waals surface area (Å²) in [5.41, 5.74) is 5.20. The monoisotopic (exact) mass is 279 g/mol. The zero-order valence-corrected chi connectivity index (χ0v) is 13.1. The SMILES string of the molecule is C/C(=C\c1ccc(C)cc1)c1ccccc1C(=O)N(C)C. The first-order valence-corrected chi connectivity index (χ1v) is 7.05. The number of nitrogens with zero attached hydrogens (tertiary/aromatic N) is 1. The second-order valence-corrected chi connectivity index (χ2v) is 5.48. The van der Waals surface area contributed by atoms with Gasteiger partial charge >= 0.3 is 0 Å². The number of aryl methyl sites for hydroxylation is 1. The molecule has 0 aliphatic heterocycles. The van der Waals surface area contributed by atoms with Gasteiger partial charge in [0.1, 0.15) is 0 Å². The van der Waals surface area contributed by atoms with Gasteiger partial charge in [0.25, 0.3) is 5.91 Å². The molecular formula is C19H21NO. The highest BCUT2D eigenvalue weighted by molar-refractivity contribution is 6.00.